The standard InChI is InChI=1S/C22H22N2O2S/c1-2-26-19-14-8-7-13-18(19)24(21(25)16-10-4-3-5-11-16)22-23-17-12-6-9-15-20(17)27-22/h3-4,6-9,12-16H,2,5,10-11H2,1H3/t16-/m0/s1. The molecule has 0 radical (unpaired) electrons. The van der Waals surface area contributed by atoms with Crippen molar-refractivity contribution in [1.82, 2.24) is 4.98 Å². The van der Waals surface area contributed by atoms with Crippen molar-refractivity contribution in [2.24, 2.45) is 5.92 Å². The van der Waals surface area contributed by atoms with Crippen LogP contribution in [-0.2, 0) is 4.79 Å². The number of fused-ring (bicyclic) bond motifs is 1. The van der Waals surface area contributed by atoms with Crippen LogP contribution in [0.2, 0.25) is 0 Å². The van der Waals surface area contributed by atoms with Gasteiger partial charge in [-0.3, -0.25) is 9.69 Å². The van der Waals surface area contributed by atoms with Crippen molar-refractivity contribution in [3.8, 4) is 5.75 Å². The molecule has 0 unspecified atom stereocenters. The number of hydrogen-bond donors (Lipinski definition) is 0. The first-order valence-corrected chi connectivity index (χ1v) is 10.2. The number of carbonyl (C=O) groups excluding carboxylic acids is 1. The molecule has 4 rings (SSSR count). The maximum absolute atomic E-state index is 13.5. The molecule has 1 aliphatic rings. The van der Waals surface area contributed by atoms with Gasteiger partial charge in [-0.2, -0.15) is 0 Å². The minimum absolute atomic E-state index is 0.0308. The number of amides is 1. The molecule has 27 heavy (non-hydrogen) atoms. The summed E-state index contributed by atoms with van der Waals surface area (Å²) in [5, 5.41) is 0.697. The van der Waals surface area contributed by atoms with E-state index < -0.39 is 0 Å². The van der Waals surface area contributed by atoms with Gasteiger partial charge in [0.25, 0.3) is 0 Å². The van der Waals surface area contributed by atoms with E-state index in [9.17, 15) is 4.79 Å². The molecule has 0 spiro atoms. The van der Waals surface area contributed by atoms with Crippen molar-refractivity contribution < 1.29 is 9.53 Å². The van der Waals surface area contributed by atoms with Gasteiger partial charge in [0.05, 0.1) is 22.5 Å². The number of para-hydroxylation sites is 3. The maximum atomic E-state index is 13.5. The summed E-state index contributed by atoms with van der Waals surface area (Å²) in [5.41, 5.74) is 1.67. The number of hydrogen-bond acceptors (Lipinski definition) is 4. The molecule has 1 heterocycles. The SMILES string of the molecule is CCOc1ccccc1N(C(=O)[C@H]1CC=CCC1)c1nc2ccccc2s1. The van der Waals surface area contributed by atoms with E-state index in [1.165, 1.54) is 11.3 Å². The number of carbonyl (C=O) groups is 1. The Balaban J connectivity index is 1.82. The molecule has 4 nitrogen and oxygen atoms in total. The summed E-state index contributed by atoms with van der Waals surface area (Å²) in [6, 6.07) is 15.7. The number of thiazole rings is 1. The van der Waals surface area contributed by atoms with Gasteiger partial charge in [-0.25, -0.2) is 4.98 Å². The summed E-state index contributed by atoms with van der Waals surface area (Å²) in [6.07, 6.45) is 6.85. The van der Waals surface area contributed by atoms with Gasteiger partial charge in [-0.15, -0.1) is 0 Å². The fourth-order valence-corrected chi connectivity index (χ4v) is 4.38. The van der Waals surface area contributed by atoms with Gasteiger partial charge >= 0.3 is 0 Å². The largest absolute Gasteiger partial charge is 0.492 e. The second kappa shape index (κ2) is 7.92. The van der Waals surface area contributed by atoms with E-state index >= 15 is 0 Å². The zero-order chi connectivity index (χ0) is 18.6. The van der Waals surface area contributed by atoms with Crippen LogP contribution < -0.4 is 9.64 Å². The van der Waals surface area contributed by atoms with Gasteiger partial charge in [0, 0.05) is 5.92 Å². The molecule has 0 aliphatic heterocycles. The zero-order valence-corrected chi connectivity index (χ0v) is 16.1. The highest BCUT2D eigenvalue weighted by Crippen LogP contribution is 2.40. The average molecular weight is 378 g/mol. The van der Waals surface area contributed by atoms with E-state index in [1.54, 1.807) is 4.90 Å². The van der Waals surface area contributed by atoms with Gasteiger partial charge in [0.1, 0.15) is 5.75 Å². The van der Waals surface area contributed by atoms with Crippen LogP contribution in [0.4, 0.5) is 10.8 Å². The molecular formula is C22H22N2O2S. The lowest BCUT2D eigenvalue weighted by molar-refractivity contribution is -0.121. The molecule has 0 N–H and O–H groups in total. The molecule has 1 atom stereocenters. The van der Waals surface area contributed by atoms with E-state index in [0.717, 1.165) is 35.2 Å². The van der Waals surface area contributed by atoms with Crippen molar-refractivity contribution in [3.63, 3.8) is 0 Å². The fraction of sp³-hybridized carbons (Fsp3) is 0.273. The van der Waals surface area contributed by atoms with Gasteiger partial charge in [-0.1, -0.05) is 47.8 Å². The Hall–Kier alpha value is -2.66. The number of ether oxygens (including phenoxy) is 1. The Bertz CT molecular complexity index is 946. The second-order valence-corrected chi connectivity index (χ2v) is 7.53. The third kappa shape index (κ3) is 3.60. The molecular weight excluding hydrogens is 356 g/mol. The Morgan fingerprint density at radius 1 is 1.19 bits per heavy atom. The third-order valence-corrected chi connectivity index (χ3v) is 5.74. The molecule has 5 heteroatoms. The van der Waals surface area contributed by atoms with Crippen LogP contribution in [0, 0.1) is 5.92 Å². The van der Waals surface area contributed by atoms with Gasteiger partial charge in [-0.05, 0) is 50.5 Å². The van der Waals surface area contributed by atoms with Gasteiger partial charge < -0.3 is 4.74 Å². The number of anilines is 2. The second-order valence-electron chi connectivity index (χ2n) is 6.52. The molecule has 1 amide bonds. The van der Waals surface area contributed by atoms with Crippen LogP contribution in [0.5, 0.6) is 5.75 Å². The highest BCUT2D eigenvalue weighted by molar-refractivity contribution is 7.22. The quantitative estimate of drug-likeness (QED) is 0.534. The molecule has 0 saturated carbocycles. The minimum atomic E-state index is -0.0308. The van der Waals surface area contributed by atoms with E-state index in [2.05, 4.69) is 12.2 Å². The average Bonchev–Trinajstić information content (AvgIpc) is 3.14. The molecule has 1 aromatic heterocycles. The summed E-state index contributed by atoms with van der Waals surface area (Å²) in [4.78, 5) is 20.1. The lowest BCUT2D eigenvalue weighted by Gasteiger charge is -2.27. The molecule has 3 aromatic rings. The van der Waals surface area contributed by atoms with Crippen LogP contribution in [0.15, 0.2) is 60.7 Å². The summed E-state index contributed by atoms with van der Waals surface area (Å²) in [6.45, 7) is 2.50. The van der Waals surface area contributed by atoms with Crippen molar-refractivity contribution in [2.45, 2.75) is 26.2 Å². The highest BCUT2D eigenvalue weighted by Gasteiger charge is 2.30. The van der Waals surface area contributed by atoms with Crippen LogP contribution in [0.3, 0.4) is 0 Å². The van der Waals surface area contributed by atoms with Gasteiger partial charge in [0.15, 0.2) is 5.13 Å². The molecule has 0 fully saturated rings. The summed E-state index contributed by atoms with van der Waals surface area (Å²) in [5.74, 6) is 0.765. The van der Waals surface area contributed by atoms with Crippen molar-refractivity contribution >= 4 is 38.3 Å². The highest BCUT2D eigenvalue weighted by atomic mass is 32.1. The molecule has 2 aromatic carbocycles. The molecule has 0 saturated heterocycles. The van der Waals surface area contributed by atoms with Crippen molar-refractivity contribution in [3.05, 3.63) is 60.7 Å². The van der Waals surface area contributed by atoms with E-state index in [4.69, 9.17) is 9.72 Å². The smallest absolute Gasteiger partial charge is 0.236 e. The van der Waals surface area contributed by atoms with Crippen LogP contribution >= 0.6 is 11.3 Å². The monoisotopic (exact) mass is 378 g/mol. The normalized spacial score (nSPS) is 16.4. The molecule has 1 aliphatic carbocycles. The number of rotatable bonds is 5. The topological polar surface area (TPSA) is 42.4 Å². The molecule has 138 valence electrons. The first-order chi connectivity index (χ1) is 13.3. The Labute approximate surface area is 163 Å². The Morgan fingerprint density at radius 2 is 2.00 bits per heavy atom. The van der Waals surface area contributed by atoms with Crippen LogP contribution in [-0.4, -0.2) is 17.5 Å². The molecule has 0 bridgehead atoms. The number of allylic oxidation sites excluding steroid dienone is 2. The lowest BCUT2D eigenvalue weighted by Crippen LogP contribution is -2.33. The number of nitrogens with zero attached hydrogens (tertiary/aromatic N) is 2. The van der Waals surface area contributed by atoms with Crippen LogP contribution in [0.25, 0.3) is 10.2 Å². The minimum Gasteiger partial charge on any atom is -0.492 e. The number of aromatic nitrogens is 1. The third-order valence-electron chi connectivity index (χ3n) is 4.72. The fourth-order valence-electron chi connectivity index (χ4n) is 3.39. The van der Waals surface area contributed by atoms with Crippen molar-refractivity contribution in [2.75, 3.05) is 11.5 Å². The summed E-state index contributed by atoms with van der Waals surface area (Å²) in [7, 11) is 0. The van der Waals surface area contributed by atoms with E-state index in [1.807, 2.05) is 55.5 Å². The zero-order valence-electron chi connectivity index (χ0n) is 15.3. The first kappa shape index (κ1) is 17.7. The predicted octanol–water partition coefficient (Wildman–Crippen LogP) is 5.72. The predicted molar refractivity (Wildman–Crippen MR) is 111 cm³/mol. The Kier molecular flexibility index (Phi) is 5.21. The summed E-state index contributed by atoms with van der Waals surface area (Å²) >= 11 is 1.54. The van der Waals surface area contributed by atoms with Crippen molar-refractivity contribution in [1.29, 1.82) is 0 Å². The Morgan fingerprint density at radius 3 is 2.78 bits per heavy atom. The first-order valence-electron chi connectivity index (χ1n) is 9.34. The number of benzene rings is 2. The van der Waals surface area contributed by atoms with Crippen LogP contribution in [0.1, 0.15) is 26.2 Å². The van der Waals surface area contributed by atoms with Gasteiger partial charge in [0.2, 0.25) is 5.91 Å². The van der Waals surface area contributed by atoms with E-state index in [-0.39, 0.29) is 11.8 Å². The lowest BCUT2D eigenvalue weighted by atomic mass is 9.93. The summed E-state index contributed by atoms with van der Waals surface area (Å²) < 4.78 is 6.89. The maximum Gasteiger partial charge on any atom is 0.236 e. The van der Waals surface area contributed by atoms with E-state index in [0.29, 0.717) is 17.5 Å².